The van der Waals surface area contributed by atoms with Crippen molar-refractivity contribution in [3.05, 3.63) is 65.2 Å². The van der Waals surface area contributed by atoms with E-state index in [9.17, 15) is 18.4 Å². The minimum absolute atomic E-state index is 0.0480. The molecule has 2 amide bonds. The zero-order valence-electron chi connectivity index (χ0n) is 18.8. The number of hydrogen-bond acceptors (Lipinski definition) is 3. The Bertz CT molecular complexity index is 872. The molecule has 0 aliphatic rings. The molecule has 2 aromatic rings. The van der Waals surface area contributed by atoms with Crippen LogP contribution in [0, 0.1) is 11.6 Å². The summed E-state index contributed by atoms with van der Waals surface area (Å²) in [5, 5.41) is 2.56. The van der Waals surface area contributed by atoms with Gasteiger partial charge < -0.3 is 15.0 Å². The van der Waals surface area contributed by atoms with Gasteiger partial charge >= 0.3 is 12.0 Å². The predicted octanol–water partition coefficient (Wildman–Crippen LogP) is 6.07. The minimum atomic E-state index is -0.807. The molecule has 0 aliphatic heterocycles. The van der Waals surface area contributed by atoms with Gasteiger partial charge in [0.05, 0.1) is 12.3 Å². The van der Waals surface area contributed by atoms with Gasteiger partial charge in [0.2, 0.25) is 0 Å². The smallest absolute Gasteiger partial charge is 0.322 e. The number of urea groups is 1. The molecule has 0 saturated heterocycles. The number of nitrogens with zero attached hydrogens (tertiary/aromatic N) is 1. The zero-order valence-corrected chi connectivity index (χ0v) is 18.8. The van der Waals surface area contributed by atoms with Crippen LogP contribution in [0.2, 0.25) is 0 Å². The Morgan fingerprint density at radius 3 is 2.31 bits per heavy atom. The molecule has 2 aromatic carbocycles. The molecule has 0 saturated carbocycles. The van der Waals surface area contributed by atoms with Crippen molar-refractivity contribution in [2.45, 2.75) is 58.9 Å². The Morgan fingerprint density at radius 2 is 1.66 bits per heavy atom. The molecule has 0 atom stereocenters. The van der Waals surface area contributed by atoms with Gasteiger partial charge in [0.1, 0.15) is 11.6 Å². The Labute approximate surface area is 188 Å². The average molecular weight is 447 g/mol. The molecule has 1 N–H and O–H groups in total. The fourth-order valence-electron chi connectivity index (χ4n) is 3.29. The van der Waals surface area contributed by atoms with Gasteiger partial charge in [-0.25, -0.2) is 13.6 Å². The van der Waals surface area contributed by atoms with Gasteiger partial charge in [-0.05, 0) is 29.7 Å². The van der Waals surface area contributed by atoms with Crippen molar-refractivity contribution in [1.82, 2.24) is 4.90 Å². The Kier molecular flexibility index (Phi) is 10.6. The molecule has 7 heteroatoms. The first kappa shape index (κ1) is 25.3. The maximum absolute atomic E-state index is 14.0. The Balaban J connectivity index is 2.01. The van der Waals surface area contributed by atoms with E-state index in [0.717, 1.165) is 55.4 Å². The van der Waals surface area contributed by atoms with Crippen LogP contribution in [0.5, 0.6) is 0 Å². The number of benzene rings is 2. The zero-order chi connectivity index (χ0) is 23.3. The molecule has 32 heavy (non-hydrogen) atoms. The van der Waals surface area contributed by atoms with Crippen molar-refractivity contribution in [2.24, 2.45) is 0 Å². The van der Waals surface area contributed by atoms with Crippen molar-refractivity contribution < 1.29 is 23.1 Å². The molecule has 0 unspecified atom stereocenters. The molecule has 174 valence electrons. The molecule has 5 nitrogen and oxygen atoms in total. The summed E-state index contributed by atoms with van der Waals surface area (Å²) in [6.45, 7) is 4.75. The third-order valence-corrected chi connectivity index (χ3v) is 5.08. The van der Waals surface area contributed by atoms with Crippen LogP contribution in [-0.2, 0) is 22.5 Å². The number of unbranched alkanes of at least 4 members (excludes halogenated alkanes) is 4. The van der Waals surface area contributed by atoms with Crippen molar-refractivity contribution in [2.75, 3.05) is 18.5 Å². The number of carbonyl (C=O) groups excluding carboxylic acids is 2. The molecule has 0 aliphatic carbocycles. The SMILES string of the molecule is CCCCCCCN(Cc1ccc(CCOC(C)=O)cc1)C(=O)Nc1ccc(F)cc1F. The second-order valence-corrected chi connectivity index (χ2v) is 7.80. The molecule has 0 bridgehead atoms. The first-order valence-corrected chi connectivity index (χ1v) is 11.1. The van der Waals surface area contributed by atoms with Crippen LogP contribution in [-0.4, -0.2) is 30.1 Å². The lowest BCUT2D eigenvalue weighted by molar-refractivity contribution is -0.140. The summed E-state index contributed by atoms with van der Waals surface area (Å²) < 4.78 is 32.1. The van der Waals surface area contributed by atoms with E-state index < -0.39 is 17.7 Å². The van der Waals surface area contributed by atoms with Crippen molar-refractivity contribution in [3.8, 4) is 0 Å². The molecule has 0 spiro atoms. The second kappa shape index (κ2) is 13.5. The van der Waals surface area contributed by atoms with E-state index >= 15 is 0 Å². The normalized spacial score (nSPS) is 10.6. The summed E-state index contributed by atoms with van der Waals surface area (Å²) in [5.41, 5.74) is 1.91. The molecule has 0 radical (unpaired) electrons. The molecule has 0 fully saturated rings. The lowest BCUT2D eigenvalue weighted by Gasteiger charge is -2.24. The summed E-state index contributed by atoms with van der Waals surface area (Å²) in [4.78, 5) is 25.4. The monoisotopic (exact) mass is 446 g/mol. The number of anilines is 1. The highest BCUT2D eigenvalue weighted by Crippen LogP contribution is 2.17. The quantitative estimate of drug-likeness (QED) is 0.318. The lowest BCUT2D eigenvalue weighted by Crippen LogP contribution is -2.35. The first-order valence-electron chi connectivity index (χ1n) is 11.1. The third kappa shape index (κ3) is 9.04. The number of esters is 1. The van der Waals surface area contributed by atoms with Gasteiger partial charge in [0.25, 0.3) is 0 Å². The molecular formula is C25H32F2N2O3. The Hall–Kier alpha value is -2.96. The van der Waals surface area contributed by atoms with Gasteiger partial charge in [-0.15, -0.1) is 0 Å². The number of amides is 2. The predicted molar refractivity (Wildman–Crippen MR) is 121 cm³/mol. The number of ether oxygens (including phenoxy) is 1. The van der Waals surface area contributed by atoms with Crippen molar-refractivity contribution in [1.29, 1.82) is 0 Å². The lowest BCUT2D eigenvalue weighted by atomic mass is 10.1. The van der Waals surface area contributed by atoms with Crippen molar-refractivity contribution in [3.63, 3.8) is 0 Å². The van der Waals surface area contributed by atoms with Crippen LogP contribution in [0.4, 0.5) is 19.3 Å². The summed E-state index contributed by atoms with van der Waals surface area (Å²) in [5.74, 6) is -1.81. The van der Waals surface area contributed by atoms with Gasteiger partial charge in [0.15, 0.2) is 0 Å². The highest BCUT2D eigenvalue weighted by molar-refractivity contribution is 5.89. The number of hydrogen-bond donors (Lipinski definition) is 1. The van der Waals surface area contributed by atoms with E-state index in [1.807, 2.05) is 24.3 Å². The van der Waals surface area contributed by atoms with E-state index in [0.29, 0.717) is 26.1 Å². The standard InChI is InChI=1S/C25H32F2N2O3/c1-3-4-5-6-7-15-29(25(31)28-24-13-12-22(26)17-23(24)27)18-21-10-8-20(9-11-21)14-16-32-19(2)30/h8-13,17H,3-7,14-16,18H2,1-2H3,(H,28,31). The third-order valence-electron chi connectivity index (χ3n) is 5.08. The fraction of sp³-hybridized carbons (Fsp3) is 0.440. The van der Waals surface area contributed by atoms with Crippen LogP contribution >= 0.6 is 0 Å². The van der Waals surface area contributed by atoms with Gasteiger partial charge in [0, 0.05) is 32.5 Å². The number of nitrogens with one attached hydrogen (secondary N) is 1. The van der Waals surface area contributed by atoms with Gasteiger partial charge in [-0.3, -0.25) is 4.79 Å². The number of carbonyl (C=O) groups is 2. The highest BCUT2D eigenvalue weighted by Gasteiger charge is 2.16. The summed E-state index contributed by atoms with van der Waals surface area (Å²) in [6, 6.07) is 10.4. The van der Waals surface area contributed by atoms with Gasteiger partial charge in [-0.1, -0.05) is 56.9 Å². The summed E-state index contributed by atoms with van der Waals surface area (Å²) in [7, 11) is 0. The highest BCUT2D eigenvalue weighted by atomic mass is 19.1. The molecular weight excluding hydrogens is 414 g/mol. The van der Waals surface area contributed by atoms with Crippen LogP contribution in [0.1, 0.15) is 57.1 Å². The van der Waals surface area contributed by atoms with Crippen molar-refractivity contribution >= 4 is 17.7 Å². The number of halogens is 2. The number of rotatable bonds is 12. The summed E-state index contributed by atoms with van der Waals surface area (Å²) in [6.07, 6.45) is 5.87. The molecule has 2 rings (SSSR count). The minimum Gasteiger partial charge on any atom is -0.466 e. The first-order chi connectivity index (χ1) is 15.4. The van der Waals surface area contributed by atoms with Crippen LogP contribution < -0.4 is 5.32 Å². The summed E-state index contributed by atoms with van der Waals surface area (Å²) >= 11 is 0. The topological polar surface area (TPSA) is 58.6 Å². The van der Waals surface area contributed by atoms with Crippen LogP contribution in [0.15, 0.2) is 42.5 Å². The van der Waals surface area contributed by atoms with Crippen LogP contribution in [0.3, 0.4) is 0 Å². The van der Waals surface area contributed by atoms with Gasteiger partial charge in [-0.2, -0.15) is 0 Å². The van der Waals surface area contributed by atoms with E-state index in [1.165, 1.54) is 13.0 Å². The average Bonchev–Trinajstić information content (AvgIpc) is 2.75. The van der Waals surface area contributed by atoms with E-state index in [4.69, 9.17) is 4.74 Å². The van der Waals surface area contributed by atoms with E-state index in [2.05, 4.69) is 12.2 Å². The molecule has 0 heterocycles. The largest absolute Gasteiger partial charge is 0.466 e. The Morgan fingerprint density at radius 1 is 0.969 bits per heavy atom. The van der Waals surface area contributed by atoms with E-state index in [-0.39, 0.29) is 11.7 Å². The van der Waals surface area contributed by atoms with E-state index in [1.54, 1.807) is 4.90 Å². The molecule has 0 aromatic heterocycles. The fourth-order valence-corrected chi connectivity index (χ4v) is 3.29. The maximum Gasteiger partial charge on any atom is 0.322 e. The second-order valence-electron chi connectivity index (χ2n) is 7.80. The maximum atomic E-state index is 14.0. The van der Waals surface area contributed by atoms with Crippen LogP contribution in [0.25, 0.3) is 0 Å².